The molecule has 2 saturated carbocycles. The number of hydrogen-bond acceptors (Lipinski definition) is 18. The standard InChI is InChI=1S/C42H56O18/c1-19(2)31(48)37(50)57-34-30(24-12-13-53-16-24)41(10)35(58-38(51)32(49)20(3)4)33(55-18-43)29(21(5)42(41)36(34)60-42)40(9)25(14-27(46)52-11)39(8,17-54-22(6)44)59-28(47)15-26(40)56-23(7)45/h12-13,16,18-20,25-26,29-36,48-49H,5,14-15,17H2,1-4,6-11H3/t25-,26-,29+,30+,31?,32?,33+,34+,35-,36+,39+,40+,41+,42+/m0/s1. The van der Waals surface area contributed by atoms with Gasteiger partial charge in [0.25, 0.3) is 6.47 Å². The summed E-state index contributed by atoms with van der Waals surface area (Å²) in [4.78, 5) is 93.0. The molecule has 5 rings (SSSR count). The predicted molar refractivity (Wildman–Crippen MR) is 202 cm³/mol. The molecular weight excluding hydrogens is 792 g/mol. The van der Waals surface area contributed by atoms with Gasteiger partial charge in [0.05, 0.1) is 37.9 Å². The molecule has 3 heterocycles. The molecule has 1 aromatic rings. The van der Waals surface area contributed by atoms with Gasteiger partial charge in [0.15, 0.2) is 12.2 Å². The van der Waals surface area contributed by atoms with E-state index >= 15 is 0 Å². The van der Waals surface area contributed by atoms with Crippen LogP contribution in [-0.4, -0.2) is 120 Å². The number of carbonyl (C=O) groups excluding carboxylic acids is 7. The molecule has 18 heteroatoms. The fourth-order valence-corrected chi connectivity index (χ4v) is 10.3. The van der Waals surface area contributed by atoms with Crippen molar-refractivity contribution in [2.45, 2.75) is 135 Å². The SMILES string of the molecule is C=C1[C@@H]([C@@]2(C)[C@@H](OC(C)=O)CC(=O)O[C@](C)(COC(C)=O)[C@@H]2CC(=O)OC)[C@@H](OC=O)[C@H](OC(=O)C(O)C(C)C)[C@@]2(C)[C@H](c3ccoc3)[C@@H](OC(=O)C(O)C(C)C)[C@H]3O[C@]132. The summed E-state index contributed by atoms with van der Waals surface area (Å²) < 4.78 is 53.0. The molecule has 2 N–H and O–H groups in total. The summed E-state index contributed by atoms with van der Waals surface area (Å²) >= 11 is 0. The second-order valence-electron chi connectivity index (χ2n) is 17.5. The van der Waals surface area contributed by atoms with E-state index in [0.717, 1.165) is 21.0 Å². The minimum Gasteiger partial charge on any atom is -0.472 e. The van der Waals surface area contributed by atoms with Gasteiger partial charge in [-0.2, -0.15) is 0 Å². The van der Waals surface area contributed by atoms with Crippen molar-refractivity contribution in [1.82, 2.24) is 0 Å². The van der Waals surface area contributed by atoms with E-state index in [-0.39, 0.29) is 12.0 Å². The van der Waals surface area contributed by atoms with Crippen LogP contribution < -0.4 is 0 Å². The van der Waals surface area contributed by atoms with Gasteiger partial charge >= 0.3 is 35.8 Å². The first-order valence-electron chi connectivity index (χ1n) is 19.8. The minimum absolute atomic E-state index is 0.103. The van der Waals surface area contributed by atoms with Crippen LogP contribution in [0.25, 0.3) is 0 Å². The second kappa shape index (κ2) is 16.9. The highest BCUT2D eigenvalue weighted by molar-refractivity contribution is 5.77. The minimum atomic E-state index is -1.88. The Kier molecular flexibility index (Phi) is 13.0. The van der Waals surface area contributed by atoms with Crippen molar-refractivity contribution in [3.63, 3.8) is 0 Å². The van der Waals surface area contributed by atoms with Crippen molar-refractivity contribution >= 4 is 42.3 Å². The van der Waals surface area contributed by atoms with E-state index in [1.165, 1.54) is 19.5 Å². The Morgan fingerprint density at radius 2 is 1.55 bits per heavy atom. The van der Waals surface area contributed by atoms with Crippen LogP contribution in [0.3, 0.4) is 0 Å². The summed E-state index contributed by atoms with van der Waals surface area (Å²) in [5, 5.41) is 21.9. The van der Waals surface area contributed by atoms with E-state index < -0.39 is 150 Å². The van der Waals surface area contributed by atoms with Crippen LogP contribution in [0.1, 0.15) is 86.6 Å². The summed E-state index contributed by atoms with van der Waals surface area (Å²) in [6.45, 7) is 17.3. The molecule has 2 aliphatic heterocycles. The number of hydrogen-bond donors (Lipinski definition) is 2. The van der Waals surface area contributed by atoms with Gasteiger partial charge in [0, 0.05) is 37.0 Å². The molecule has 2 unspecified atom stereocenters. The van der Waals surface area contributed by atoms with Crippen molar-refractivity contribution in [1.29, 1.82) is 0 Å². The van der Waals surface area contributed by atoms with Crippen LogP contribution in [-0.2, 0) is 71.5 Å². The largest absolute Gasteiger partial charge is 0.472 e. The number of furan rings is 1. The van der Waals surface area contributed by atoms with Crippen molar-refractivity contribution in [3.05, 3.63) is 36.3 Å². The highest BCUT2D eigenvalue weighted by Crippen LogP contribution is 2.77. The zero-order chi connectivity index (χ0) is 44.9. The monoisotopic (exact) mass is 848 g/mol. The lowest BCUT2D eigenvalue weighted by atomic mass is 9.47. The smallest absolute Gasteiger partial charge is 0.335 e. The number of epoxide rings is 1. The van der Waals surface area contributed by atoms with E-state index in [9.17, 15) is 43.8 Å². The summed E-state index contributed by atoms with van der Waals surface area (Å²) in [6.07, 6.45) is -8.82. The Balaban J connectivity index is 1.86. The number of carbonyl (C=O) groups is 7. The molecule has 60 heavy (non-hydrogen) atoms. The third-order valence-electron chi connectivity index (χ3n) is 13.2. The Morgan fingerprint density at radius 3 is 2.07 bits per heavy atom. The zero-order valence-corrected chi connectivity index (χ0v) is 35.5. The maximum atomic E-state index is 14.1. The van der Waals surface area contributed by atoms with Gasteiger partial charge in [-0.1, -0.05) is 48.1 Å². The van der Waals surface area contributed by atoms with Crippen LogP contribution in [0.2, 0.25) is 0 Å². The van der Waals surface area contributed by atoms with Gasteiger partial charge in [0.2, 0.25) is 0 Å². The molecule has 0 radical (unpaired) electrons. The van der Waals surface area contributed by atoms with Crippen LogP contribution in [0.5, 0.6) is 0 Å². The molecule has 14 atom stereocenters. The average molecular weight is 849 g/mol. The Labute approximate surface area is 347 Å². The summed E-state index contributed by atoms with van der Waals surface area (Å²) in [6, 6.07) is 1.60. The third-order valence-corrected chi connectivity index (χ3v) is 13.2. The first-order chi connectivity index (χ1) is 28.0. The zero-order valence-electron chi connectivity index (χ0n) is 35.5. The summed E-state index contributed by atoms with van der Waals surface area (Å²) in [5.41, 5.74) is -6.45. The molecule has 4 aliphatic rings. The number of aliphatic hydroxyl groups is 2. The Hall–Kier alpha value is -4.81. The fraction of sp³-hybridized carbons (Fsp3) is 0.690. The summed E-state index contributed by atoms with van der Waals surface area (Å²) in [7, 11) is 1.13. The average Bonchev–Trinajstić information content (AvgIpc) is 3.64. The van der Waals surface area contributed by atoms with E-state index in [2.05, 4.69) is 6.58 Å². The van der Waals surface area contributed by atoms with Crippen LogP contribution >= 0.6 is 0 Å². The number of esters is 6. The van der Waals surface area contributed by atoms with Crippen LogP contribution in [0.15, 0.2) is 35.2 Å². The molecule has 1 spiro atoms. The van der Waals surface area contributed by atoms with E-state index in [4.69, 9.17) is 42.3 Å². The predicted octanol–water partition coefficient (Wildman–Crippen LogP) is 2.49. The molecule has 2 aliphatic carbocycles. The maximum absolute atomic E-state index is 14.1. The number of rotatable bonds is 15. The van der Waals surface area contributed by atoms with Gasteiger partial charge in [-0.25, -0.2) is 9.59 Å². The normalized spacial score (nSPS) is 36.7. The molecule has 0 amide bonds. The van der Waals surface area contributed by atoms with Gasteiger partial charge < -0.3 is 52.5 Å². The van der Waals surface area contributed by atoms with E-state index in [1.807, 2.05) is 0 Å². The molecule has 0 bridgehead atoms. The van der Waals surface area contributed by atoms with E-state index in [1.54, 1.807) is 47.6 Å². The molecule has 4 fully saturated rings. The molecule has 332 valence electrons. The molecular formula is C42H56O18. The number of ether oxygens (including phenoxy) is 8. The molecule has 1 aromatic heterocycles. The third kappa shape index (κ3) is 7.59. The molecule has 0 aromatic carbocycles. The van der Waals surface area contributed by atoms with E-state index in [0.29, 0.717) is 5.56 Å². The highest BCUT2D eigenvalue weighted by Gasteiger charge is 2.88. The first kappa shape index (κ1) is 46.3. The highest BCUT2D eigenvalue weighted by atomic mass is 16.7. The van der Waals surface area contributed by atoms with Crippen LogP contribution in [0, 0.1) is 34.5 Å². The number of methoxy groups -OCH3 is 1. The maximum Gasteiger partial charge on any atom is 0.335 e. The molecule has 18 nitrogen and oxygen atoms in total. The lowest BCUT2D eigenvalue weighted by molar-refractivity contribution is -0.228. The lowest BCUT2D eigenvalue weighted by Gasteiger charge is -2.59. The van der Waals surface area contributed by atoms with Crippen molar-refractivity contribution in [3.8, 4) is 0 Å². The molecule has 2 saturated heterocycles. The number of cyclic esters (lactones) is 1. The van der Waals surface area contributed by atoms with Gasteiger partial charge in [-0.05, 0) is 36.0 Å². The first-order valence-corrected chi connectivity index (χ1v) is 19.8. The number of aliphatic hydroxyl groups excluding tert-OH is 2. The van der Waals surface area contributed by atoms with Crippen molar-refractivity contribution < 1.29 is 86.1 Å². The Bertz CT molecular complexity index is 1850. The quantitative estimate of drug-likeness (QED) is 0.0846. The summed E-state index contributed by atoms with van der Waals surface area (Å²) in [5.74, 6) is -10.4. The topological polar surface area (TPSA) is 250 Å². The van der Waals surface area contributed by atoms with Gasteiger partial charge in [-0.15, -0.1) is 0 Å². The van der Waals surface area contributed by atoms with Crippen LogP contribution in [0.4, 0.5) is 0 Å². The van der Waals surface area contributed by atoms with Crippen molar-refractivity contribution in [2.75, 3.05) is 13.7 Å². The second-order valence-corrected chi connectivity index (χ2v) is 17.5. The van der Waals surface area contributed by atoms with Crippen molar-refractivity contribution in [2.24, 2.45) is 34.5 Å². The van der Waals surface area contributed by atoms with Gasteiger partial charge in [0.1, 0.15) is 48.3 Å². The Morgan fingerprint density at radius 1 is 0.933 bits per heavy atom. The fourth-order valence-electron chi connectivity index (χ4n) is 10.3. The van der Waals surface area contributed by atoms with Gasteiger partial charge in [-0.3, -0.25) is 24.0 Å². The lowest BCUT2D eigenvalue weighted by Crippen LogP contribution is -2.68.